The van der Waals surface area contributed by atoms with Gasteiger partial charge in [-0.15, -0.1) is 0 Å². The molecule has 0 radical (unpaired) electrons. The molecular weight excluding hydrogens is 248 g/mol. The predicted molar refractivity (Wildman–Crippen MR) is 66.8 cm³/mol. The number of amides is 3. The number of rotatable bonds is 5. The second kappa shape index (κ2) is 5.97. The zero-order valence-electron chi connectivity index (χ0n) is 10.7. The van der Waals surface area contributed by atoms with Gasteiger partial charge in [-0.2, -0.15) is 0 Å². The molecule has 0 aromatic rings. The van der Waals surface area contributed by atoms with Crippen molar-refractivity contribution in [1.82, 2.24) is 10.2 Å². The summed E-state index contributed by atoms with van der Waals surface area (Å²) in [6.45, 7) is 0.195. The number of carbonyl (C=O) groups excluding carboxylic acids is 3. The molecule has 6 heteroatoms. The summed E-state index contributed by atoms with van der Waals surface area (Å²) in [6, 6.07) is 0. The third-order valence-electron chi connectivity index (χ3n) is 3.60. The van der Waals surface area contributed by atoms with Gasteiger partial charge in [-0.3, -0.25) is 19.3 Å². The van der Waals surface area contributed by atoms with Gasteiger partial charge in [0.25, 0.3) is 0 Å². The summed E-state index contributed by atoms with van der Waals surface area (Å²) in [5.41, 5.74) is 0. The van der Waals surface area contributed by atoms with Crippen molar-refractivity contribution in [2.24, 2.45) is 11.8 Å². The van der Waals surface area contributed by atoms with Crippen LogP contribution >= 0.6 is 0 Å². The molecule has 1 aliphatic carbocycles. The molecule has 0 unspecified atom stereocenters. The number of imide groups is 1. The van der Waals surface area contributed by atoms with E-state index in [9.17, 15) is 14.4 Å². The van der Waals surface area contributed by atoms with E-state index in [-0.39, 0.29) is 55.7 Å². The SMILES string of the molecule is O=C(CCN1C(=O)[C@@H]2CC=CC[C@H]2C1=O)NCCO. The van der Waals surface area contributed by atoms with Gasteiger partial charge in [0.1, 0.15) is 0 Å². The summed E-state index contributed by atoms with van der Waals surface area (Å²) >= 11 is 0. The Morgan fingerprint density at radius 1 is 1.26 bits per heavy atom. The van der Waals surface area contributed by atoms with Gasteiger partial charge in [0.2, 0.25) is 17.7 Å². The van der Waals surface area contributed by atoms with Gasteiger partial charge < -0.3 is 10.4 Å². The minimum absolute atomic E-state index is 0.0876. The van der Waals surface area contributed by atoms with Crippen molar-refractivity contribution >= 4 is 17.7 Å². The summed E-state index contributed by atoms with van der Waals surface area (Å²) in [4.78, 5) is 36.8. The van der Waals surface area contributed by atoms with Crippen LogP contribution in [0.3, 0.4) is 0 Å². The standard InChI is InChI=1S/C13H18N2O4/c16-8-6-14-11(17)5-7-15-12(18)9-3-1-2-4-10(9)13(15)19/h1-2,9-10,16H,3-8H2,(H,14,17)/t9-,10-/m1/s1. The predicted octanol–water partition coefficient (Wildman–Crippen LogP) is -0.564. The molecule has 0 aromatic carbocycles. The van der Waals surface area contributed by atoms with E-state index in [2.05, 4.69) is 5.32 Å². The van der Waals surface area contributed by atoms with E-state index in [0.29, 0.717) is 12.8 Å². The molecule has 104 valence electrons. The fourth-order valence-corrected chi connectivity index (χ4v) is 2.59. The first-order valence-electron chi connectivity index (χ1n) is 6.53. The fraction of sp³-hybridized carbons (Fsp3) is 0.615. The average Bonchev–Trinajstić information content (AvgIpc) is 2.67. The maximum Gasteiger partial charge on any atom is 0.233 e. The normalized spacial score (nSPS) is 25.6. The first-order valence-corrected chi connectivity index (χ1v) is 6.53. The lowest BCUT2D eigenvalue weighted by Crippen LogP contribution is -2.36. The van der Waals surface area contributed by atoms with Crippen LogP contribution in [0.2, 0.25) is 0 Å². The number of aliphatic hydroxyl groups excluding tert-OH is 1. The van der Waals surface area contributed by atoms with Crippen LogP contribution in [-0.4, -0.2) is 47.4 Å². The first kappa shape index (κ1) is 13.7. The Labute approximate surface area is 111 Å². The van der Waals surface area contributed by atoms with E-state index in [1.165, 1.54) is 4.90 Å². The van der Waals surface area contributed by atoms with Crippen LogP contribution in [0.4, 0.5) is 0 Å². The number of allylic oxidation sites excluding steroid dienone is 2. The molecule has 2 atom stereocenters. The van der Waals surface area contributed by atoms with Gasteiger partial charge >= 0.3 is 0 Å². The molecule has 0 spiro atoms. The molecule has 3 amide bonds. The largest absolute Gasteiger partial charge is 0.395 e. The molecule has 2 aliphatic rings. The zero-order chi connectivity index (χ0) is 13.8. The van der Waals surface area contributed by atoms with E-state index in [1.54, 1.807) is 0 Å². The van der Waals surface area contributed by atoms with Crippen molar-refractivity contribution in [2.75, 3.05) is 19.7 Å². The number of nitrogens with zero attached hydrogens (tertiary/aromatic N) is 1. The molecular formula is C13H18N2O4. The zero-order valence-corrected chi connectivity index (χ0v) is 10.7. The quantitative estimate of drug-likeness (QED) is 0.515. The lowest BCUT2D eigenvalue weighted by atomic mass is 9.85. The van der Waals surface area contributed by atoms with Crippen molar-refractivity contribution in [3.05, 3.63) is 12.2 Å². The highest BCUT2D eigenvalue weighted by atomic mass is 16.3. The van der Waals surface area contributed by atoms with E-state index in [1.807, 2.05) is 12.2 Å². The molecule has 1 heterocycles. The van der Waals surface area contributed by atoms with Crippen molar-refractivity contribution in [1.29, 1.82) is 0 Å². The van der Waals surface area contributed by atoms with Gasteiger partial charge in [-0.1, -0.05) is 12.2 Å². The number of hydrogen-bond acceptors (Lipinski definition) is 4. The Balaban J connectivity index is 1.89. The monoisotopic (exact) mass is 266 g/mol. The van der Waals surface area contributed by atoms with Gasteiger partial charge in [0.05, 0.1) is 18.4 Å². The maximum absolute atomic E-state index is 12.1. The minimum atomic E-state index is -0.261. The molecule has 2 rings (SSSR count). The number of aliphatic hydroxyl groups is 1. The van der Waals surface area contributed by atoms with Gasteiger partial charge in [-0.05, 0) is 12.8 Å². The van der Waals surface area contributed by atoms with Crippen LogP contribution in [0.25, 0.3) is 0 Å². The molecule has 0 bridgehead atoms. The second-order valence-corrected chi connectivity index (χ2v) is 4.81. The number of fused-ring (bicyclic) bond motifs is 1. The van der Waals surface area contributed by atoms with Gasteiger partial charge in [0, 0.05) is 19.5 Å². The van der Waals surface area contributed by atoms with Crippen LogP contribution in [0.1, 0.15) is 19.3 Å². The summed E-state index contributed by atoms with van der Waals surface area (Å²) in [7, 11) is 0. The Hall–Kier alpha value is -1.69. The van der Waals surface area contributed by atoms with Crippen LogP contribution < -0.4 is 5.32 Å². The van der Waals surface area contributed by atoms with Crippen LogP contribution in [0.5, 0.6) is 0 Å². The van der Waals surface area contributed by atoms with Crippen LogP contribution in [-0.2, 0) is 14.4 Å². The highest BCUT2D eigenvalue weighted by Crippen LogP contribution is 2.34. The Morgan fingerprint density at radius 2 is 1.84 bits per heavy atom. The number of hydrogen-bond donors (Lipinski definition) is 2. The third kappa shape index (κ3) is 2.84. The minimum Gasteiger partial charge on any atom is -0.395 e. The molecule has 0 saturated carbocycles. The van der Waals surface area contributed by atoms with Crippen molar-refractivity contribution < 1.29 is 19.5 Å². The highest BCUT2D eigenvalue weighted by Gasteiger charge is 2.46. The Morgan fingerprint density at radius 3 is 2.37 bits per heavy atom. The van der Waals surface area contributed by atoms with Gasteiger partial charge in [-0.25, -0.2) is 0 Å². The van der Waals surface area contributed by atoms with Crippen molar-refractivity contribution in [2.45, 2.75) is 19.3 Å². The average molecular weight is 266 g/mol. The van der Waals surface area contributed by atoms with Crippen molar-refractivity contribution in [3.8, 4) is 0 Å². The summed E-state index contributed by atoms with van der Waals surface area (Å²) in [5, 5.41) is 11.1. The van der Waals surface area contributed by atoms with E-state index in [0.717, 1.165) is 0 Å². The van der Waals surface area contributed by atoms with E-state index in [4.69, 9.17) is 5.11 Å². The molecule has 0 aromatic heterocycles. The smallest absolute Gasteiger partial charge is 0.233 e. The number of likely N-dealkylation sites (tertiary alicyclic amines) is 1. The van der Waals surface area contributed by atoms with E-state index < -0.39 is 0 Å². The summed E-state index contributed by atoms with van der Waals surface area (Å²) in [5.74, 6) is -1.05. The van der Waals surface area contributed by atoms with Gasteiger partial charge in [0.15, 0.2) is 0 Å². The fourth-order valence-electron chi connectivity index (χ4n) is 2.59. The molecule has 1 saturated heterocycles. The molecule has 2 N–H and O–H groups in total. The molecule has 19 heavy (non-hydrogen) atoms. The molecule has 1 aliphatic heterocycles. The number of nitrogens with one attached hydrogen (secondary N) is 1. The number of carbonyl (C=O) groups is 3. The summed E-state index contributed by atoms with van der Waals surface area (Å²) < 4.78 is 0. The van der Waals surface area contributed by atoms with Crippen LogP contribution in [0.15, 0.2) is 12.2 Å². The lowest BCUT2D eigenvalue weighted by Gasteiger charge is -2.14. The van der Waals surface area contributed by atoms with E-state index >= 15 is 0 Å². The molecule has 6 nitrogen and oxygen atoms in total. The maximum atomic E-state index is 12.1. The van der Waals surface area contributed by atoms with Crippen LogP contribution in [0, 0.1) is 11.8 Å². The lowest BCUT2D eigenvalue weighted by molar-refractivity contribution is -0.140. The summed E-state index contributed by atoms with van der Waals surface area (Å²) in [6.07, 6.45) is 5.18. The second-order valence-electron chi connectivity index (χ2n) is 4.81. The first-order chi connectivity index (χ1) is 9.15. The van der Waals surface area contributed by atoms with Crippen molar-refractivity contribution in [3.63, 3.8) is 0 Å². The molecule has 1 fully saturated rings. The topological polar surface area (TPSA) is 86.7 Å². The Kier molecular flexibility index (Phi) is 4.31. The highest BCUT2D eigenvalue weighted by molar-refractivity contribution is 6.05. The third-order valence-corrected chi connectivity index (χ3v) is 3.60. The Bertz CT molecular complexity index is 393.